The van der Waals surface area contributed by atoms with Crippen molar-refractivity contribution in [3.05, 3.63) is 85.1 Å². The molecular formula is C50H86NO8P. The van der Waals surface area contributed by atoms with Crippen molar-refractivity contribution < 1.29 is 37.6 Å². The number of phosphoric acid groups is 1. The molecule has 0 saturated carbocycles. The summed E-state index contributed by atoms with van der Waals surface area (Å²) in [5.74, 6) is -0.872. The van der Waals surface area contributed by atoms with Crippen LogP contribution in [-0.4, -0.2) is 49.3 Å². The van der Waals surface area contributed by atoms with E-state index >= 15 is 0 Å². The van der Waals surface area contributed by atoms with Crippen molar-refractivity contribution in [1.82, 2.24) is 0 Å². The van der Waals surface area contributed by atoms with Crippen molar-refractivity contribution in [2.75, 3.05) is 26.4 Å². The summed E-state index contributed by atoms with van der Waals surface area (Å²) in [6.45, 7) is 3.57. The fraction of sp³-hybridized carbons (Fsp3) is 0.680. The van der Waals surface area contributed by atoms with Crippen LogP contribution < -0.4 is 5.73 Å². The Hall–Kier alpha value is -2.81. The second-order valence-corrected chi connectivity index (χ2v) is 16.7. The highest BCUT2D eigenvalue weighted by atomic mass is 31.2. The third-order valence-electron chi connectivity index (χ3n) is 9.52. The van der Waals surface area contributed by atoms with Gasteiger partial charge >= 0.3 is 19.8 Å². The van der Waals surface area contributed by atoms with Gasteiger partial charge in [-0.05, 0) is 89.9 Å². The molecule has 2 atom stereocenters. The molecule has 0 radical (unpaired) electrons. The molecular weight excluding hydrogens is 774 g/mol. The van der Waals surface area contributed by atoms with E-state index in [0.717, 1.165) is 96.3 Å². The molecule has 344 valence electrons. The van der Waals surface area contributed by atoms with Crippen molar-refractivity contribution in [2.45, 2.75) is 193 Å². The molecule has 2 unspecified atom stereocenters. The second-order valence-electron chi connectivity index (χ2n) is 15.2. The van der Waals surface area contributed by atoms with Gasteiger partial charge in [0.15, 0.2) is 6.10 Å². The van der Waals surface area contributed by atoms with E-state index in [1.54, 1.807) is 0 Å². The molecule has 0 amide bonds. The highest BCUT2D eigenvalue weighted by molar-refractivity contribution is 7.47. The Bertz CT molecular complexity index is 1250. The smallest absolute Gasteiger partial charge is 0.462 e. The maximum Gasteiger partial charge on any atom is 0.472 e. The fourth-order valence-electron chi connectivity index (χ4n) is 6.04. The largest absolute Gasteiger partial charge is 0.472 e. The summed E-state index contributed by atoms with van der Waals surface area (Å²) in [6.07, 6.45) is 57.5. The normalized spacial score (nSPS) is 14.0. The van der Waals surface area contributed by atoms with E-state index in [1.807, 2.05) is 0 Å². The van der Waals surface area contributed by atoms with Crippen LogP contribution in [0.5, 0.6) is 0 Å². The number of allylic oxidation sites excluding steroid dienone is 14. The molecule has 0 aliphatic carbocycles. The Morgan fingerprint density at radius 2 is 0.917 bits per heavy atom. The van der Waals surface area contributed by atoms with Crippen LogP contribution in [0.3, 0.4) is 0 Å². The second kappa shape index (κ2) is 45.7. The molecule has 0 aromatic carbocycles. The summed E-state index contributed by atoms with van der Waals surface area (Å²) in [5, 5.41) is 0. The van der Waals surface area contributed by atoms with Crippen LogP contribution in [-0.2, 0) is 32.7 Å². The predicted molar refractivity (Wildman–Crippen MR) is 252 cm³/mol. The summed E-state index contributed by atoms with van der Waals surface area (Å²) >= 11 is 0. The zero-order chi connectivity index (χ0) is 43.9. The summed E-state index contributed by atoms with van der Waals surface area (Å²) in [5.41, 5.74) is 5.35. The quantitative estimate of drug-likeness (QED) is 0.0266. The molecule has 0 bridgehead atoms. The van der Waals surface area contributed by atoms with Crippen molar-refractivity contribution in [3.8, 4) is 0 Å². The van der Waals surface area contributed by atoms with Crippen LogP contribution in [0.4, 0.5) is 0 Å². The zero-order valence-corrected chi connectivity index (χ0v) is 38.8. The first kappa shape index (κ1) is 57.2. The third kappa shape index (κ3) is 44.7. The molecule has 3 N–H and O–H groups in total. The number of carbonyl (C=O) groups excluding carboxylic acids is 2. The van der Waals surface area contributed by atoms with Gasteiger partial charge in [0.1, 0.15) is 6.61 Å². The first-order chi connectivity index (χ1) is 29.3. The Morgan fingerprint density at radius 3 is 1.38 bits per heavy atom. The third-order valence-corrected chi connectivity index (χ3v) is 10.5. The van der Waals surface area contributed by atoms with Gasteiger partial charge in [-0.25, -0.2) is 4.57 Å². The van der Waals surface area contributed by atoms with E-state index < -0.39 is 32.5 Å². The molecule has 10 heteroatoms. The van der Waals surface area contributed by atoms with Crippen molar-refractivity contribution in [1.29, 1.82) is 0 Å². The van der Waals surface area contributed by atoms with Gasteiger partial charge in [0.05, 0.1) is 13.2 Å². The Labute approximate surface area is 366 Å². The lowest BCUT2D eigenvalue weighted by molar-refractivity contribution is -0.161. The topological polar surface area (TPSA) is 134 Å². The number of nitrogens with two attached hydrogens (primary N) is 1. The van der Waals surface area contributed by atoms with E-state index in [1.165, 1.54) is 51.4 Å². The average molecular weight is 860 g/mol. The first-order valence-electron chi connectivity index (χ1n) is 23.6. The van der Waals surface area contributed by atoms with E-state index in [9.17, 15) is 19.0 Å². The monoisotopic (exact) mass is 860 g/mol. The summed E-state index contributed by atoms with van der Waals surface area (Å²) in [7, 11) is -4.39. The lowest BCUT2D eigenvalue weighted by Crippen LogP contribution is -2.29. The van der Waals surface area contributed by atoms with Gasteiger partial charge < -0.3 is 20.1 Å². The number of ether oxygens (including phenoxy) is 2. The molecule has 0 spiro atoms. The molecule has 0 aliphatic rings. The molecule has 0 aromatic rings. The van der Waals surface area contributed by atoms with E-state index in [0.29, 0.717) is 12.8 Å². The van der Waals surface area contributed by atoms with Crippen LogP contribution in [0, 0.1) is 0 Å². The summed E-state index contributed by atoms with van der Waals surface area (Å²) < 4.78 is 32.8. The molecule has 0 saturated heterocycles. The molecule has 9 nitrogen and oxygen atoms in total. The van der Waals surface area contributed by atoms with Crippen LogP contribution in [0.1, 0.15) is 187 Å². The highest BCUT2D eigenvalue weighted by Gasteiger charge is 2.26. The number of unbranched alkanes of at least 4 members (excludes halogenated alkanes) is 16. The molecule has 0 aliphatic heterocycles. The van der Waals surface area contributed by atoms with Gasteiger partial charge in [0.2, 0.25) is 0 Å². The maximum atomic E-state index is 12.6. The minimum absolute atomic E-state index is 0.0434. The van der Waals surface area contributed by atoms with Gasteiger partial charge in [0.25, 0.3) is 0 Å². The number of hydrogen-bond acceptors (Lipinski definition) is 8. The number of carbonyl (C=O) groups is 2. The molecule has 0 rings (SSSR count). The lowest BCUT2D eigenvalue weighted by Gasteiger charge is -2.19. The van der Waals surface area contributed by atoms with Crippen LogP contribution in [0.2, 0.25) is 0 Å². The molecule has 0 heterocycles. The predicted octanol–water partition coefficient (Wildman–Crippen LogP) is 14.0. The molecule has 0 aromatic heterocycles. The molecule has 60 heavy (non-hydrogen) atoms. The van der Waals surface area contributed by atoms with Crippen molar-refractivity contribution in [2.24, 2.45) is 5.73 Å². The van der Waals surface area contributed by atoms with Crippen LogP contribution in [0.15, 0.2) is 85.1 Å². The number of hydrogen-bond donors (Lipinski definition) is 2. The van der Waals surface area contributed by atoms with Gasteiger partial charge in [0, 0.05) is 19.4 Å². The standard InChI is InChI=1S/C50H86NO8P/c1-3-5-7-9-11-13-15-17-19-21-22-23-24-25-26-27-29-31-33-35-37-39-41-43-50(53)59-48(47-58-60(54,55)57-45-44-51)46-56-49(52)42-40-38-36-34-32-30-28-20-18-16-14-12-10-8-6-4-2/h5,7,11,13,17,19-20,22-23,25-26,28-29,31,48H,3-4,6,8-10,12,14-16,18,21,24,27,30,32-47,51H2,1-2H3,(H,54,55)/b7-5-,13-11-,19-17-,23-22-,26-25-,28-20-,31-29-. The van der Waals surface area contributed by atoms with E-state index in [2.05, 4.69) is 98.9 Å². The Kier molecular flexibility index (Phi) is 43.6. The van der Waals surface area contributed by atoms with E-state index in [4.69, 9.17) is 24.3 Å². The minimum atomic E-state index is -4.39. The number of esters is 2. The van der Waals surface area contributed by atoms with Gasteiger partial charge in [-0.2, -0.15) is 0 Å². The number of phosphoric ester groups is 1. The van der Waals surface area contributed by atoms with Crippen LogP contribution in [0.25, 0.3) is 0 Å². The van der Waals surface area contributed by atoms with Crippen LogP contribution >= 0.6 is 7.82 Å². The Morgan fingerprint density at radius 1 is 0.517 bits per heavy atom. The summed E-state index contributed by atoms with van der Waals surface area (Å²) in [6, 6.07) is 0. The van der Waals surface area contributed by atoms with Crippen molar-refractivity contribution >= 4 is 19.8 Å². The maximum absolute atomic E-state index is 12.6. The SMILES string of the molecule is CC/C=C\C/C=C\C/C=C\C/C=C\C/C=C\C/C=C\CCCCCCC(=O)OC(COC(=O)CCCCCCC/C=C\CCCCCCCCC)COP(=O)(O)OCCN. The molecule has 0 fully saturated rings. The fourth-order valence-corrected chi connectivity index (χ4v) is 6.81. The minimum Gasteiger partial charge on any atom is -0.462 e. The zero-order valence-electron chi connectivity index (χ0n) is 37.9. The van der Waals surface area contributed by atoms with Gasteiger partial charge in [-0.3, -0.25) is 18.6 Å². The van der Waals surface area contributed by atoms with Gasteiger partial charge in [-0.15, -0.1) is 0 Å². The highest BCUT2D eigenvalue weighted by Crippen LogP contribution is 2.43. The first-order valence-corrected chi connectivity index (χ1v) is 25.1. The Balaban J connectivity index is 4.20. The van der Waals surface area contributed by atoms with E-state index in [-0.39, 0.29) is 32.6 Å². The summed E-state index contributed by atoms with van der Waals surface area (Å²) in [4.78, 5) is 35.0. The van der Waals surface area contributed by atoms with Crippen molar-refractivity contribution in [3.63, 3.8) is 0 Å². The lowest BCUT2D eigenvalue weighted by atomic mass is 10.1. The number of rotatable bonds is 43. The average Bonchev–Trinajstić information content (AvgIpc) is 3.24. The van der Waals surface area contributed by atoms with Gasteiger partial charge in [-0.1, -0.05) is 170 Å².